The highest BCUT2D eigenvalue weighted by atomic mass is 16.6. The largest absolute Gasteiger partial charge is 0.489 e. The predicted octanol–water partition coefficient (Wildman–Crippen LogP) is 14.2. The molecule has 6 aromatic rings. The molecule has 0 aliphatic heterocycles. The number of carbonyl (C=O) groups is 7. The quantitative estimate of drug-likeness (QED) is 0.0182. The van der Waals surface area contributed by atoms with E-state index in [0.717, 1.165) is 31.3 Å². The van der Waals surface area contributed by atoms with Gasteiger partial charge in [0.2, 0.25) is 0 Å². The molecular weight excluding hydrogens is 1030 g/mol. The minimum Gasteiger partial charge on any atom is -0.489 e. The Kier molecular flexibility index (Phi) is 21.2. The van der Waals surface area contributed by atoms with E-state index < -0.39 is 52.6 Å². The smallest absolute Gasteiger partial charge is 0.343 e. The molecule has 0 radical (unpaired) electrons. The molecule has 0 atom stereocenters. The van der Waals surface area contributed by atoms with Crippen molar-refractivity contribution in [1.82, 2.24) is 0 Å². The van der Waals surface area contributed by atoms with Gasteiger partial charge < -0.3 is 37.9 Å². The van der Waals surface area contributed by atoms with Gasteiger partial charge in [-0.15, -0.1) is 0 Å². The summed E-state index contributed by atoms with van der Waals surface area (Å²) >= 11 is 0. The average Bonchev–Trinajstić information content (AvgIpc) is 3.44. The van der Waals surface area contributed by atoms with Crippen molar-refractivity contribution in [3.05, 3.63) is 191 Å². The molecule has 422 valence electrons. The lowest BCUT2D eigenvalue weighted by atomic mass is 9.86. The molecule has 0 fully saturated rings. The lowest BCUT2D eigenvalue weighted by molar-refractivity contribution is -0.135. The van der Waals surface area contributed by atoms with Gasteiger partial charge in [0.25, 0.3) is 0 Å². The summed E-state index contributed by atoms with van der Waals surface area (Å²) in [6, 6.07) is 34.2. The molecule has 0 heterocycles. The Morgan fingerprint density at radius 3 is 1.01 bits per heavy atom. The third kappa shape index (κ3) is 19.1. The molecule has 0 N–H and O–H groups in total. The summed E-state index contributed by atoms with van der Waals surface area (Å²) in [7, 11) is 0. The molecule has 6 rings (SSSR count). The zero-order valence-electron chi connectivity index (χ0n) is 47.1. The molecule has 15 heteroatoms. The standard InChI is InChI=1S/C66H68O15/c1-42(2)41-74-48-27-19-44(20-28-48)61(70)78-52-35-37-56(54(39-52)65(5,6)7)80-63(72)46-21-29-49(30-22-46)75-58(67)17-15-13-11-12-14-16-18-59(68)76-50-31-23-47(24-32-50)64(73)81-57-38-36-53(40-55(57)66(8,9)10)79-62(71)45-25-33-51(34-26-45)77-60(69)43(3)4/h19-40H,1,3,11-18,41H2,2,4-10H3. The van der Waals surface area contributed by atoms with Crippen molar-refractivity contribution >= 4 is 41.8 Å². The number of unbranched alkanes of at least 4 members (excludes halogenated alkanes) is 5. The van der Waals surface area contributed by atoms with Gasteiger partial charge >= 0.3 is 41.8 Å². The van der Waals surface area contributed by atoms with Gasteiger partial charge in [-0.05, 0) is 177 Å². The van der Waals surface area contributed by atoms with Crippen molar-refractivity contribution in [1.29, 1.82) is 0 Å². The third-order valence-corrected chi connectivity index (χ3v) is 12.2. The van der Waals surface area contributed by atoms with Crippen molar-refractivity contribution in [2.75, 3.05) is 6.61 Å². The molecule has 0 saturated heterocycles. The Morgan fingerprint density at radius 2 is 0.679 bits per heavy atom. The number of esters is 7. The zero-order chi connectivity index (χ0) is 58.9. The lowest BCUT2D eigenvalue weighted by Gasteiger charge is -2.23. The summed E-state index contributed by atoms with van der Waals surface area (Å²) in [6.07, 6.45) is 5.00. The normalized spacial score (nSPS) is 11.1. The maximum atomic E-state index is 13.3. The Bertz CT molecular complexity index is 3250. The first-order valence-corrected chi connectivity index (χ1v) is 26.6. The number of ether oxygens (including phenoxy) is 8. The van der Waals surface area contributed by atoms with Gasteiger partial charge in [0, 0.05) is 29.5 Å². The highest BCUT2D eigenvalue weighted by Crippen LogP contribution is 2.37. The molecule has 0 bridgehead atoms. The van der Waals surface area contributed by atoms with E-state index in [1.54, 1.807) is 54.6 Å². The van der Waals surface area contributed by atoms with Crippen LogP contribution in [0, 0.1) is 0 Å². The van der Waals surface area contributed by atoms with Crippen LogP contribution in [0.15, 0.2) is 158 Å². The molecule has 15 nitrogen and oxygen atoms in total. The molecule has 81 heavy (non-hydrogen) atoms. The van der Waals surface area contributed by atoms with Crippen LogP contribution in [-0.4, -0.2) is 48.4 Å². The molecule has 0 amide bonds. The first kappa shape index (κ1) is 61.1. The van der Waals surface area contributed by atoms with Crippen LogP contribution in [0.1, 0.15) is 159 Å². The topological polar surface area (TPSA) is 193 Å². The monoisotopic (exact) mass is 1100 g/mol. The molecular formula is C66H68O15. The number of hydrogen-bond donors (Lipinski definition) is 0. The zero-order valence-corrected chi connectivity index (χ0v) is 47.1. The van der Waals surface area contributed by atoms with Gasteiger partial charge in [0.15, 0.2) is 0 Å². The fraction of sp³-hybridized carbons (Fsp3) is 0.288. The Labute approximate surface area is 472 Å². The van der Waals surface area contributed by atoms with Crippen molar-refractivity contribution in [3.8, 4) is 46.0 Å². The molecule has 0 aliphatic rings. The Hall–Kier alpha value is -9.11. The van der Waals surface area contributed by atoms with Gasteiger partial charge in [0.05, 0.1) is 22.3 Å². The van der Waals surface area contributed by atoms with Crippen LogP contribution < -0.4 is 37.9 Å². The molecule has 0 saturated carbocycles. The van der Waals surface area contributed by atoms with Gasteiger partial charge in [0.1, 0.15) is 52.6 Å². The van der Waals surface area contributed by atoms with Crippen molar-refractivity contribution < 1.29 is 71.5 Å². The number of benzene rings is 6. The maximum Gasteiger partial charge on any atom is 0.343 e. The second kappa shape index (κ2) is 28.2. The third-order valence-electron chi connectivity index (χ3n) is 12.2. The highest BCUT2D eigenvalue weighted by molar-refractivity contribution is 5.94. The lowest BCUT2D eigenvalue weighted by Crippen LogP contribution is -2.17. The summed E-state index contributed by atoms with van der Waals surface area (Å²) < 4.78 is 44.7. The van der Waals surface area contributed by atoms with Gasteiger partial charge in [-0.2, -0.15) is 0 Å². The summed E-state index contributed by atoms with van der Waals surface area (Å²) in [5.74, 6) is -1.27. The maximum absolute atomic E-state index is 13.3. The van der Waals surface area contributed by atoms with Crippen LogP contribution in [0.3, 0.4) is 0 Å². The summed E-state index contributed by atoms with van der Waals surface area (Å²) in [6.45, 7) is 22.8. The number of hydrogen-bond acceptors (Lipinski definition) is 15. The number of carbonyl (C=O) groups excluding carboxylic acids is 7. The van der Waals surface area contributed by atoms with Crippen LogP contribution in [0.4, 0.5) is 0 Å². The van der Waals surface area contributed by atoms with Crippen molar-refractivity contribution in [3.63, 3.8) is 0 Å². The van der Waals surface area contributed by atoms with Gasteiger partial charge in [-0.1, -0.05) is 80.4 Å². The summed E-state index contributed by atoms with van der Waals surface area (Å²) in [4.78, 5) is 89.5. The van der Waals surface area contributed by atoms with E-state index in [1.165, 1.54) is 85.8 Å². The van der Waals surface area contributed by atoms with Crippen LogP contribution in [0.5, 0.6) is 46.0 Å². The second-order valence-corrected chi connectivity index (χ2v) is 21.5. The molecule has 6 aromatic carbocycles. The van der Waals surface area contributed by atoms with Crippen LogP contribution in [-0.2, 0) is 25.2 Å². The van der Waals surface area contributed by atoms with E-state index in [9.17, 15) is 33.6 Å². The van der Waals surface area contributed by atoms with Crippen LogP contribution in [0.25, 0.3) is 0 Å². The predicted molar refractivity (Wildman–Crippen MR) is 305 cm³/mol. The van der Waals surface area contributed by atoms with Gasteiger partial charge in [-0.25, -0.2) is 24.0 Å². The first-order chi connectivity index (χ1) is 38.4. The van der Waals surface area contributed by atoms with E-state index in [1.807, 2.05) is 48.5 Å². The Morgan fingerprint density at radius 1 is 0.370 bits per heavy atom. The molecule has 0 aromatic heterocycles. The highest BCUT2D eigenvalue weighted by Gasteiger charge is 2.25. The minimum atomic E-state index is -0.637. The van der Waals surface area contributed by atoms with E-state index in [2.05, 4.69) is 13.2 Å². The summed E-state index contributed by atoms with van der Waals surface area (Å²) in [5.41, 5.74) is 2.43. The first-order valence-electron chi connectivity index (χ1n) is 26.6. The average molecular weight is 1100 g/mol. The van der Waals surface area contributed by atoms with Gasteiger partial charge in [-0.3, -0.25) is 9.59 Å². The van der Waals surface area contributed by atoms with Crippen molar-refractivity contribution in [2.24, 2.45) is 0 Å². The van der Waals surface area contributed by atoms with Crippen LogP contribution >= 0.6 is 0 Å². The van der Waals surface area contributed by atoms with Crippen LogP contribution in [0.2, 0.25) is 0 Å². The summed E-state index contributed by atoms with van der Waals surface area (Å²) in [5, 5.41) is 0. The molecule has 0 aliphatic carbocycles. The molecule has 0 spiro atoms. The fourth-order valence-corrected chi connectivity index (χ4v) is 7.82. The Balaban J connectivity index is 0.860. The molecule has 0 unspecified atom stereocenters. The second-order valence-electron chi connectivity index (χ2n) is 21.5. The van der Waals surface area contributed by atoms with E-state index in [4.69, 9.17) is 37.9 Å². The van der Waals surface area contributed by atoms with E-state index in [0.29, 0.717) is 53.4 Å². The minimum absolute atomic E-state index is 0.210. The number of rotatable bonds is 24. The fourth-order valence-electron chi connectivity index (χ4n) is 7.82. The SMILES string of the molecule is C=C(C)COc1ccc(C(=O)Oc2ccc(OC(=O)c3ccc(OC(=O)CCCCCCCCC(=O)Oc4ccc(C(=O)Oc5ccc(OC(=O)c6ccc(OC(=O)C(=C)C)cc6)cc5C(C)(C)C)cc4)cc3)c(C(C)(C)C)c2)cc1. The van der Waals surface area contributed by atoms with Crippen molar-refractivity contribution in [2.45, 2.75) is 118 Å². The van der Waals surface area contributed by atoms with E-state index in [-0.39, 0.29) is 63.9 Å². The van der Waals surface area contributed by atoms with E-state index >= 15 is 0 Å².